The van der Waals surface area contributed by atoms with Crippen LogP contribution in [0.15, 0.2) is 0 Å². The molecule has 0 aromatic heterocycles. The van der Waals surface area contributed by atoms with E-state index in [2.05, 4.69) is 6.07 Å². The first-order chi connectivity index (χ1) is 8.06. The Hall–Kier alpha value is -1.12. The van der Waals surface area contributed by atoms with Gasteiger partial charge in [-0.05, 0) is 20.3 Å². The van der Waals surface area contributed by atoms with Crippen LogP contribution in [0.25, 0.3) is 0 Å². The number of carbonyl (C=O) groups excluding carboxylic acids is 1. The highest BCUT2D eigenvalue weighted by atomic mass is 16.3. The summed E-state index contributed by atoms with van der Waals surface area (Å²) in [5.41, 5.74) is 0. The van der Waals surface area contributed by atoms with Gasteiger partial charge in [0, 0.05) is 26.2 Å². The van der Waals surface area contributed by atoms with Gasteiger partial charge in [-0.3, -0.25) is 9.69 Å². The van der Waals surface area contributed by atoms with E-state index in [0.29, 0.717) is 26.2 Å². The van der Waals surface area contributed by atoms with Gasteiger partial charge in [-0.1, -0.05) is 0 Å². The summed E-state index contributed by atoms with van der Waals surface area (Å²) in [6.45, 7) is 6.55. The Labute approximate surface area is 103 Å². The van der Waals surface area contributed by atoms with Crippen LogP contribution in [0.3, 0.4) is 0 Å². The van der Waals surface area contributed by atoms with Crippen LogP contribution in [-0.2, 0) is 4.79 Å². The Morgan fingerprint density at radius 3 is 2.88 bits per heavy atom. The molecule has 17 heavy (non-hydrogen) atoms. The molecule has 1 amide bonds. The van der Waals surface area contributed by atoms with Crippen molar-refractivity contribution < 1.29 is 9.90 Å². The van der Waals surface area contributed by atoms with Crippen molar-refractivity contribution in [1.82, 2.24) is 9.80 Å². The van der Waals surface area contributed by atoms with Gasteiger partial charge in [-0.15, -0.1) is 0 Å². The third-order valence-electron chi connectivity index (χ3n) is 3.06. The largest absolute Gasteiger partial charge is 0.392 e. The first-order valence-electron chi connectivity index (χ1n) is 6.14. The fourth-order valence-corrected chi connectivity index (χ4v) is 2.03. The molecule has 0 spiro atoms. The van der Waals surface area contributed by atoms with Crippen LogP contribution < -0.4 is 0 Å². The van der Waals surface area contributed by atoms with Gasteiger partial charge in [0.25, 0.3) is 0 Å². The lowest BCUT2D eigenvalue weighted by Gasteiger charge is -2.24. The van der Waals surface area contributed by atoms with Crippen LogP contribution in [0.2, 0.25) is 0 Å². The molecule has 2 atom stereocenters. The molecule has 1 heterocycles. The highest BCUT2D eigenvalue weighted by Gasteiger charge is 2.24. The molecule has 0 saturated carbocycles. The van der Waals surface area contributed by atoms with E-state index < -0.39 is 0 Å². The number of hydrogen-bond acceptors (Lipinski definition) is 4. The molecule has 5 nitrogen and oxygen atoms in total. The van der Waals surface area contributed by atoms with E-state index in [4.69, 9.17) is 5.26 Å². The first-order valence-corrected chi connectivity index (χ1v) is 6.14. The van der Waals surface area contributed by atoms with E-state index in [1.807, 2.05) is 18.7 Å². The average molecular weight is 239 g/mol. The zero-order valence-corrected chi connectivity index (χ0v) is 10.6. The molecule has 1 unspecified atom stereocenters. The number of rotatable bonds is 5. The monoisotopic (exact) mass is 239 g/mol. The molecule has 5 heteroatoms. The Bertz CT molecular complexity index is 301. The maximum Gasteiger partial charge on any atom is 0.236 e. The van der Waals surface area contributed by atoms with E-state index in [0.717, 1.165) is 13.0 Å². The Morgan fingerprint density at radius 2 is 2.41 bits per heavy atom. The summed E-state index contributed by atoms with van der Waals surface area (Å²) in [5, 5.41) is 18.1. The van der Waals surface area contributed by atoms with Crippen molar-refractivity contribution in [2.75, 3.05) is 32.7 Å². The molecule has 1 fully saturated rings. The standard InChI is InChI=1S/C12H21N3O2/c1-3-15(7-10(2)6-13)12(17)9-14-5-4-11(16)8-14/h10-11,16H,3-5,7-9H2,1-2H3/t10?,11-/m0/s1. The smallest absolute Gasteiger partial charge is 0.236 e. The van der Waals surface area contributed by atoms with Crippen LogP contribution >= 0.6 is 0 Å². The number of hydrogen-bond donors (Lipinski definition) is 1. The second kappa shape index (κ2) is 6.58. The molecule has 1 N–H and O–H groups in total. The summed E-state index contributed by atoms with van der Waals surface area (Å²) in [7, 11) is 0. The molecular formula is C12H21N3O2. The minimum absolute atomic E-state index is 0.0451. The van der Waals surface area contributed by atoms with Gasteiger partial charge >= 0.3 is 0 Å². The number of likely N-dealkylation sites (N-methyl/N-ethyl adjacent to an activating group) is 1. The highest BCUT2D eigenvalue weighted by Crippen LogP contribution is 2.09. The van der Waals surface area contributed by atoms with Gasteiger partial charge in [0.15, 0.2) is 0 Å². The molecule has 96 valence electrons. The van der Waals surface area contributed by atoms with Gasteiger partial charge in [-0.2, -0.15) is 5.26 Å². The van der Waals surface area contributed by atoms with Gasteiger partial charge in [-0.25, -0.2) is 0 Å². The molecule has 1 aliphatic heterocycles. The van der Waals surface area contributed by atoms with Crippen molar-refractivity contribution in [2.45, 2.75) is 26.4 Å². The van der Waals surface area contributed by atoms with Crippen molar-refractivity contribution >= 4 is 5.91 Å². The summed E-state index contributed by atoms with van der Waals surface area (Å²) < 4.78 is 0. The zero-order chi connectivity index (χ0) is 12.8. The number of nitrogens with zero attached hydrogens (tertiary/aromatic N) is 3. The molecule has 1 saturated heterocycles. The quantitative estimate of drug-likeness (QED) is 0.736. The van der Waals surface area contributed by atoms with Gasteiger partial charge in [0.05, 0.1) is 24.6 Å². The maximum absolute atomic E-state index is 12.0. The average Bonchev–Trinajstić information content (AvgIpc) is 2.70. The number of likely N-dealkylation sites (tertiary alicyclic amines) is 1. The molecule has 0 aromatic rings. The summed E-state index contributed by atoms with van der Waals surface area (Å²) in [6, 6.07) is 2.14. The minimum Gasteiger partial charge on any atom is -0.392 e. The summed E-state index contributed by atoms with van der Waals surface area (Å²) in [6.07, 6.45) is 0.449. The lowest BCUT2D eigenvalue weighted by molar-refractivity contribution is -0.132. The molecule has 1 aliphatic rings. The van der Waals surface area contributed by atoms with Gasteiger partial charge in [0.2, 0.25) is 5.91 Å². The van der Waals surface area contributed by atoms with Crippen LogP contribution in [0.1, 0.15) is 20.3 Å². The minimum atomic E-state index is -0.295. The molecule has 0 aliphatic carbocycles. The van der Waals surface area contributed by atoms with Gasteiger partial charge in [0.1, 0.15) is 0 Å². The van der Waals surface area contributed by atoms with Crippen molar-refractivity contribution in [3.8, 4) is 6.07 Å². The SMILES string of the molecule is CCN(CC(C)C#N)C(=O)CN1CC[C@H](O)C1. The number of β-amino-alcohol motifs (C(OH)–C–C–N with tert-alkyl or cyclic N) is 1. The van der Waals surface area contributed by atoms with Crippen molar-refractivity contribution in [3.63, 3.8) is 0 Å². The molecule has 1 rings (SSSR count). The van der Waals surface area contributed by atoms with E-state index in [1.165, 1.54) is 0 Å². The second-order valence-corrected chi connectivity index (χ2v) is 4.64. The predicted octanol–water partition coefficient (Wildman–Crippen LogP) is 0.0612. The topological polar surface area (TPSA) is 67.6 Å². The number of aliphatic hydroxyl groups is 1. The molecule has 0 radical (unpaired) electrons. The van der Waals surface area contributed by atoms with Crippen LogP contribution in [-0.4, -0.2) is 59.6 Å². The normalized spacial score (nSPS) is 22.1. The molecule has 0 bridgehead atoms. The van der Waals surface area contributed by atoms with Crippen molar-refractivity contribution in [1.29, 1.82) is 5.26 Å². The van der Waals surface area contributed by atoms with Crippen molar-refractivity contribution in [3.05, 3.63) is 0 Å². The number of aliphatic hydroxyl groups excluding tert-OH is 1. The fourth-order valence-electron chi connectivity index (χ4n) is 2.03. The van der Waals surface area contributed by atoms with E-state index in [9.17, 15) is 9.90 Å². The van der Waals surface area contributed by atoms with Crippen LogP contribution in [0.4, 0.5) is 0 Å². The lowest BCUT2D eigenvalue weighted by atomic mass is 10.2. The number of carbonyl (C=O) groups is 1. The number of amides is 1. The summed E-state index contributed by atoms with van der Waals surface area (Å²) in [4.78, 5) is 15.7. The zero-order valence-electron chi connectivity index (χ0n) is 10.6. The van der Waals surface area contributed by atoms with Crippen LogP contribution in [0.5, 0.6) is 0 Å². The Balaban J connectivity index is 2.41. The van der Waals surface area contributed by atoms with E-state index in [-0.39, 0.29) is 17.9 Å². The van der Waals surface area contributed by atoms with E-state index >= 15 is 0 Å². The number of nitriles is 1. The lowest BCUT2D eigenvalue weighted by Crippen LogP contribution is -2.41. The predicted molar refractivity (Wildman–Crippen MR) is 64.1 cm³/mol. The summed E-state index contributed by atoms with van der Waals surface area (Å²) in [5.74, 6) is -0.0910. The highest BCUT2D eigenvalue weighted by molar-refractivity contribution is 5.78. The van der Waals surface area contributed by atoms with E-state index in [1.54, 1.807) is 4.90 Å². The third-order valence-corrected chi connectivity index (χ3v) is 3.06. The maximum atomic E-state index is 12.0. The van der Waals surface area contributed by atoms with Crippen molar-refractivity contribution in [2.24, 2.45) is 5.92 Å². The second-order valence-electron chi connectivity index (χ2n) is 4.64. The first kappa shape index (κ1) is 13.9. The Morgan fingerprint density at radius 1 is 1.71 bits per heavy atom. The summed E-state index contributed by atoms with van der Waals surface area (Å²) >= 11 is 0. The third kappa shape index (κ3) is 4.33. The van der Waals surface area contributed by atoms with Crippen LogP contribution in [0, 0.1) is 17.2 Å². The molecule has 0 aromatic carbocycles. The fraction of sp³-hybridized carbons (Fsp3) is 0.833. The Kier molecular flexibility index (Phi) is 5.39. The van der Waals surface area contributed by atoms with Gasteiger partial charge < -0.3 is 10.0 Å². The molecular weight excluding hydrogens is 218 g/mol.